The molecule has 1 saturated heterocycles. The number of β-lactam (4-membered cyclic amide) rings is 1. The van der Waals surface area contributed by atoms with Gasteiger partial charge in [0.25, 0.3) is 0 Å². The predicted molar refractivity (Wildman–Crippen MR) is 52.5 cm³/mol. The SMILES string of the molecule is C[C@@H](O)[C@H]1C(=O)N2C(C(=O)[O-])=C(CO)S[C@H]12.[Na+]. The Bertz CT molecular complexity index is 397. The van der Waals surface area contributed by atoms with E-state index in [0.717, 1.165) is 16.7 Å². The smallest absolute Gasteiger partial charge is 0.543 e. The Labute approximate surface area is 124 Å². The van der Waals surface area contributed by atoms with Crippen molar-refractivity contribution in [3.8, 4) is 0 Å². The number of amides is 1. The number of rotatable bonds is 3. The minimum Gasteiger partial charge on any atom is -0.543 e. The first-order valence-electron chi connectivity index (χ1n) is 4.72. The summed E-state index contributed by atoms with van der Waals surface area (Å²) in [6.07, 6.45) is -0.831. The number of carbonyl (C=O) groups is 2. The van der Waals surface area contributed by atoms with Crippen molar-refractivity contribution < 1.29 is 54.5 Å². The first-order valence-corrected chi connectivity index (χ1v) is 5.60. The predicted octanol–water partition coefficient (Wildman–Crippen LogP) is -5.14. The van der Waals surface area contributed by atoms with Gasteiger partial charge in [-0.2, -0.15) is 0 Å². The van der Waals surface area contributed by atoms with Gasteiger partial charge in [-0.1, -0.05) is 11.8 Å². The van der Waals surface area contributed by atoms with Crippen LogP contribution in [0.15, 0.2) is 10.6 Å². The maximum Gasteiger partial charge on any atom is 1.00 e. The van der Waals surface area contributed by atoms with Crippen molar-refractivity contribution in [3.05, 3.63) is 10.6 Å². The van der Waals surface area contributed by atoms with Gasteiger partial charge in [0.05, 0.1) is 30.3 Å². The summed E-state index contributed by atoms with van der Waals surface area (Å²) in [7, 11) is 0. The molecule has 0 aromatic carbocycles. The number of fused-ring (bicyclic) bond motifs is 1. The van der Waals surface area contributed by atoms with Crippen LogP contribution in [0, 0.1) is 5.92 Å². The topological polar surface area (TPSA) is 101 Å². The van der Waals surface area contributed by atoms with Gasteiger partial charge < -0.3 is 20.1 Å². The number of aliphatic hydroxyl groups excluding tert-OH is 2. The number of carboxylic acid groups (broad SMARTS) is 1. The molecule has 1 fully saturated rings. The second-order valence-electron chi connectivity index (χ2n) is 3.70. The third kappa shape index (κ3) is 2.16. The molecule has 2 rings (SSSR count). The Hall–Kier alpha value is -0.0500. The molecule has 0 bridgehead atoms. The summed E-state index contributed by atoms with van der Waals surface area (Å²) >= 11 is 1.09. The fraction of sp³-hybridized carbons (Fsp3) is 0.556. The molecule has 0 saturated carbocycles. The van der Waals surface area contributed by atoms with E-state index in [1.165, 1.54) is 6.92 Å². The van der Waals surface area contributed by atoms with Crippen LogP contribution in [0.3, 0.4) is 0 Å². The summed E-state index contributed by atoms with van der Waals surface area (Å²) in [5, 5.41) is 28.8. The first kappa shape index (κ1) is 15.0. The summed E-state index contributed by atoms with van der Waals surface area (Å²) < 4.78 is 0. The number of hydrogen-bond donors (Lipinski definition) is 2. The first-order chi connectivity index (χ1) is 7.49. The average molecular weight is 267 g/mol. The van der Waals surface area contributed by atoms with E-state index in [4.69, 9.17) is 5.11 Å². The van der Waals surface area contributed by atoms with Gasteiger partial charge >= 0.3 is 29.6 Å². The van der Waals surface area contributed by atoms with E-state index in [1.54, 1.807) is 0 Å². The minimum atomic E-state index is -1.48. The number of carbonyl (C=O) groups excluding carboxylic acids is 2. The molecule has 6 nitrogen and oxygen atoms in total. The van der Waals surface area contributed by atoms with E-state index in [2.05, 4.69) is 0 Å². The number of nitrogens with zero attached hydrogens (tertiary/aromatic N) is 1. The third-order valence-electron chi connectivity index (χ3n) is 2.71. The molecule has 3 atom stereocenters. The largest absolute Gasteiger partial charge is 1.00 e. The quantitative estimate of drug-likeness (QED) is 0.392. The second-order valence-corrected chi connectivity index (χ2v) is 4.91. The van der Waals surface area contributed by atoms with Gasteiger partial charge in [-0.3, -0.25) is 9.69 Å². The molecular formula is C9H10NNaO5S. The van der Waals surface area contributed by atoms with Gasteiger partial charge in [-0.15, -0.1) is 0 Å². The molecule has 2 aliphatic rings. The van der Waals surface area contributed by atoms with Gasteiger partial charge in [0.2, 0.25) is 5.91 Å². The number of aliphatic carboxylic acids is 1. The van der Waals surface area contributed by atoms with Crippen LogP contribution in [0.4, 0.5) is 0 Å². The molecule has 88 valence electrons. The molecule has 0 unspecified atom stereocenters. The standard InChI is InChI=1S/C9H11NO5S.Na/c1-3(12)5-7(13)10-6(9(14)15)4(2-11)16-8(5)10;/h3,5,8,11-12H,2H2,1H3,(H,14,15);/q;+1/p-1/t3-,5+,8-;/m1./s1. The molecule has 1 amide bonds. The van der Waals surface area contributed by atoms with Crippen LogP contribution in [0.25, 0.3) is 0 Å². The molecule has 0 spiro atoms. The molecule has 8 heteroatoms. The zero-order chi connectivity index (χ0) is 12.0. The van der Waals surface area contributed by atoms with Crippen LogP contribution in [0.2, 0.25) is 0 Å². The van der Waals surface area contributed by atoms with E-state index >= 15 is 0 Å². The van der Waals surface area contributed by atoms with E-state index in [-0.39, 0.29) is 40.2 Å². The third-order valence-corrected chi connectivity index (χ3v) is 4.06. The zero-order valence-corrected chi connectivity index (χ0v) is 12.2. The summed E-state index contributed by atoms with van der Waals surface area (Å²) in [5.41, 5.74) is -0.264. The Morgan fingerprint density at radius 2 is 2.24 bits per heavy atom. The Kier molecular flexibility index (Phi) is 4.67. The van der Waals surface area contributed by atoms with Gasteiger partial charge in [0, 0.05) is 4.91 Å². The minimum absolute atomic E-state index is 0. The molecule has 0 aromatic heterocycles. The molecule has 2 N–H and O–H groups in total. The van der Waals surface area contributed by atoms with Gasteiger partial charge in [0.15, 0.2) is 0 Å². The monoisotopic (exact) mass is 267 g/mol. The van der Waals surface area contributed by atoms with E-state index in [1.807, 2.05) is 0 Å². The fourth-order valence-electron chi connectivity index (χ4n) is 1.95. The van der Waals surface area contributed by atoms with Crippen LogP contribution < -0.4 is 34.7 Å². The van der Waals surface area contributed by atoms with Crippen molar-refractivity contribution in [2.24, 2.45) is 5.92 Å². The van der Waals surface area contributed by atoms with Crippen LogP contribution in [0.5, 0.6) is 0 Å². The zero-order valence-electron chi connectivity index (χ0n) is 9.41. The molecule has 17 heavy (non-hydrogen) atoms. The van der Waals surface area contributed by atoms with Crippen molar-refractivity contribution >= 4 is 23.6 Å². The molecule has 0 aromatic rings. The van der Waals surface area contributed by atoms with E-state index in [9.17, 15) is 19.8 Å². The van der Waals surface area contributed by atoms with Crippen LogP contribution >= 0.6 is 11.8 Å². The maximum atomic E-state index is 11.6. The molecule has 0 radical (unpaired) electrons. The van der Waals surface area contributed by atoms with Crippen LogP contribution in [-0.2, 0) is 9.59 Å². The van der Waals surface area contributed by atoms with Crippen molar-refractivity contribution in [1.29, 1.82) is 0 Å². The summed E-state index contributed by atoms with van der Waals surface area (Å²) in [4.78, 5) is 23.7. The second kappa shape index (κ2) is 5.29. The van der Waals surface area contributed by atoms with Crippen molar-refractivity contribution in [2.75, 3.05) is 6.61 Å². The summed E-state index contributed by atoms with van der Waals surface area (Å²) in [6.45, 7) is 1.04. The maximum absolute atomic E-state index is 11.6. The van der Waals surface area contributed by atoms with E-state index in [0.29, 0.717) is 0 Å². The van der Waals surface area contributed by atoms with Crippen molar-refractivity contribution in [1.82, 2.24) is 4.90 Å². The molecule has 2 aliphatic heterocycles. The van der Waals surface area contributed by atoms with Crippen LogP contribution in [-0.4, -0.2) is 45.1 Å². The Morgan fingerprint density at radius 1 is 1.65 bits per heavy atom. The summed E-state index contributed by atoms with van der Waals surface area (Å²) in [6, 6.07) is 0. The number of aliphatic hydroxyl groups is 2. The van der Waals surface area contributed by atoms with Gasteiger partial charge in [0.1, 0.15) is 5.37 Å². The van der Waals surface area contributed by atoms with Gasteiger partial charge in [-0.05, 0) is 6.92 Å². The molecule has 0 aliphatic carbocycles. The van der Waals surface area contributed by atoms with E-state index < -0.39 is 35.9 Å². The molecule has 2 heterocycles. The van der Waals surface area contributed by atoms with Gasteiger partial charge in [-0.25, -0.2) is 0 Å². The Morgan fingerprint density at radius 3 is 2.65 bits per heavy atom. The Balaban J connectivity index is 0.00000144. The average Bonchev–Trinajstić information content (AvgIpc) is 2.51. The fourth-order valence-corrected chi connectivity index (χ4v) is 3.42. The number of thioether (sulfide) groups is 1. The van der Waals surface area contributed by atoms with Crippen molar-refractivity contribution in [2.45, 2.75) is 18.4 Å². The van der Waals surface area contributed by atoms with Crippen LogP contribution in [0.1, 0.15) is 6.92 Å². The molecular weight excluding hydrogens is 257 g/mol. The normalized spacial score (nSPS) is 28.4. The number of hydrogen-bond acceptors (Lipinski definition) is 6. The summed E-state index contributed by atoms with van der Waals surface area (Å²) in [5.74, 6) is -2.52. The van der Waals surface area contributed by atoms with Crippen molar-refractivity contribution in [3.63, 3.8) is 0 Å². The number of carboxylic acids is 1.